The van der Waals surface area contributed by atoms with Crippen molar-refractivity contribution in [2.75, 3.05) is 0 Å². The molecule has 0 saturated heterocycles. The van der Waals surface area contributed by atoms with Gasteiger partial charge in [0.2, 0.25) is 0 Å². The van der Waals surface area contributed by atoms with Gasteiger partial charge in [0.15, 0.2) is 0 Å². The van der Waals surface area contributed by atoms with Crippen molar-refractivity contribution in [1.29, 1.82) is 5.26 Å². The average Bonchev–Trinajstić information content (AvgIpc) is 2.86. The molecule has 2 heterocycles. The van der Waals surface area contributed by atoms with Crippen LogP contribution in [0.15, 0.2) is 48.8 Å². The lowest BCUT2D eigenvalue weighted by Gasteiger charge is -2.04. The van der Waals surface area contributed by atoms with Crippen molar-refractivity contribution in [3.05, 3.63) is 54.4 Å². The van der Waals surface area contributed by atoms with Crippen molar-refractivity contribution in [3.8, 4) is 17.2 Å². The number of fused-ring (bicyclic) bond motifs is 1. The number of aromatic nitrogens is 2. The first-order valence-electron chi connectivity index (χ1n) is 5.32. The predicted molar refractivity (Wildman–Crippen MR) is 66.2 cm³/mol. The van der Waals surface area contributed by atoms with Gasteiger partial charge in [0, 0.05) is 23.3 Å². The molecule has 0 saturated carbocycles. The van der Waals surface area contributed by atoms with Gasteiger partial charge < -0.3 is 4.98 Å². The monoisotopic (exact) mass is 219 g/mol. The Morgan fingerprint density at radius 3 is 2.82 bits per heavy atom. The van der Waals surface area contributed by atoms with Gasteiger partial charge in [-0.15, -0.1) is 0 Å². The molecule has 0 radical (unpaired) electrons. The molecule has 3 rings (SSSR count). The summed E-state index contributed by atoms with van der Waals surface area (Å²) in [6.07, 6.45) is 3.61. The first-order valence-corrected chi connectivity index (χ1v) is 5.32. The molecule has 0 fully saturated rings. The Hall–Kier alpha value is -2.60. The molecule has 3 heteroatoms. The molecular formula is C14H9N3. The molecule has 0 amide bonds. The van der Waals surface area contributed by atoms with E-state index in [0.717, 1.165) is 22.2 Å². The smallest absolute Gasteiger partial charge is 0.137 e. The van der Waals surface area contributed by atoms with Gasteiger partial charge in [-0.3, -0.25) is 0 Å². The van der Waals surface area contributed by atoms with E-state index in [1.165, 1.54) is 0 Å². The molecule has 3 nitrogen and oxygen atoms in total. The van der Waals surface area contributed by atoms with E-state index in [9.17, 15) is 0 Å². The topological polar surface area (TPSA) is 52.5 Å². The van der Waals surface area contributed by atoms with E-state index in [4.69, 9.17) is 5.26 Å². The number of pyridine rings is 1. The minimum atomic E-state index is 0.682. The lowest BCUT2D eigenvalue weighted by Crippen LogP contribution is -1.86. The molecule has 0 aliphatic rings. The lowest BCUT2D eigenvalue weighted by atomic mass is 9.99. The van der Waals surface area contributed by atoms with Crippen molar-refractivity contribution in [1.82, 2.24) is 9.97 Å². The van der Waals surface area contributed by atoms with E-state index >= 15 is 0 Å². The Morgan fingerprint density at radius 1 is 1.06 bits per heavy atom. The quantitative estimate of drug-likeness (QED) is 0.683. The molecule has 0 bridgehead atoms. The van der Waals surface area contributed by atoms with Crippen LogP contribution in [-0.4, -0.2) is 9.97 Å². The van der Waals surface area contributed by atoms with Crippen molar-refractivity contribution >= 4 is 11.0 Å². The first-order chi connectivity index (χ1) is 8.40. The summed E-state index contributed by atoms with van der Waals surface area (Å²) in [6, 6.07) is 13.7. The standard InChI is InChI=1S/C14H9N3/c15-9-10-3-1-2-4-11(10)12-5-7-16-14-13(12)6-8-17-14/h1-8H,(H,16,17). The van der Waals surface area contributed by atoms with Crippen molar-refractivity contribution in [2.24, 2.45) is 0 Å². The van der Waals surface area contributed by atoms with E-state index in [2.05, 4.69) is 16.0 Å². The fourth-order valence-electron chi connectivity index (χ4n) is 2.01. The molecule has 0 aliphatic carbocycles. The highest BCUT2D eigenvalue weighted by Gasteiger charge is 2.08. The van der Waals surface area contributed by atoms with Crippen LogP contribution < -0.4 is 0 Å². The van der Waals surface area contributed by atoms with Crippen molar-refractivity contribution < 1.29 is 0 Å². The Labute approximate surface area is 98.4 Å². The van der Waals surface area contributed by atoms with E-state index in [1.807, 2.05) is 42.6 Å². The Morgan fingerprint density at radius 2 is 1.94 bits per heavy atom. The summed E-state index contributed by atoms with van der Waals surface area (Å²) >= 11 is 0. The van der Waals surface area contributed by atoms with Crippen LogP contribution in [-0.2, 0) is 0 Å². The van der Waals surface area contributed by atoms with E-state index < -0.39 is 0 Å². The molecule has 0 aliphatic heterocycles. The Bertz CT molecular complexity index is 719. The fourth-order valence-corrected chi connectivity index (χ4v) is 2.01. The number of nitrogens with zero attached hydrogens (tertiary/aromatic N) is 2. The molecular weight excluding hydrogens is 210 g/mol. The highest BCUT2D eigenvalue weighted by molar-refractivity contribution is 5.94. The van der Waals surface area contributed by atoms with Gasteiger partial charge in [0.05, 0.1) is 11.6 Å². The van der Waals surface area contributed by atoms with Gasteiger partial charge >= 0.3 is 0 Å². The van der Waals surface area contributed by atoms with E-state index in [0.29, 0.717) is 5.56 Å². The molecule has 1 N–H and O–H groups in total. The molecule has 2 aromatic heterocycles. The van der Waals surface area contributed by atoms with Crippen molar-refractivity contribution in [2.45, 2.75) is 0 Å². The largest absolute Gasteiger partial charge is 0.346 e. The van der Waals surface area contributed by atoms with Crippen LogP contribution in [0.4, 0.5) is 0 Å². The van der Waals surface area contributed by atoms with Gasteiger partial charge in [0.1, 0.15) is 5.65 Å². The normalized spacial score (nSPS) is 10.3. The van der Waals surface area contributed by atoms with Crippen LogP contribution in [0.25, 0.3) is 22.2 Å². The third-order valence-corrected chi connectivity index (χ3v) is 2.80. The number of rotatable bonds is 1. The number of nitrogens with one attached hydrogen (secondary N) is 1. The summed E-state index contributed by atoms with van der Waals surface area (Å²) in [6.45, 7) is 0. The number of H-pyrrole nitrogens is 1. The highest BCUT2D eigenvalue weighted by atomic mass is 14.8. The van der Waals surface area contributed by atoms with Crippen molar-refractivity contribution in [3.63, 3.8) is 0 Å². The molecule has 80 valence electrons. The van der Waals surface area contributed by atoms with E-state index in [1.54, 1.807) is 6.20 Å². The number of hydrogen-bond acceptors (Lipinski definition) is 2. The molecule has 0 unspecified atom stereocenters. The summed E-state index contributed by atoms with van der Waals surface area (Å²) in [5.74, 6) is 0. The van der Waals surface area contributed by atoms with Gasteiger partial charge in [-0.2, -0.15) is 5.26 Å². The van der Waals surface area contributed by atoms with Crippen LogP contribution in [0.3, 0.4) is 0 Å². The minimum absolute atomic E-state index is 0.682. The maximum Gasteiger partial charge on any atom is 0.137 e. The van der Waals surface area contributed by atoms with Crippen LogP contribution in [0.5, 0.6) is 0 Å². The number of benzene rings is 1. The zero-order valence-electron chi connectivity index (χ0n) is 9.01. The number of aromatic amines is 1. The van der Waals surface area contributed by atoms with Crippen LogP contribution in [0.2, 0.25) is 0 Å². The average molecular weight is 219 g/mol. The third-order valence-electron chi connectivity index (χ3n) is 2.80. The maximum absolute atomic E-state index is 9.13. The van der Waals surface area contributed by atoms with Gasteiger partial charge in [-0.25, -0.2) is 4.98 Å². The summed E-state index contributed by atoms with van der Waals surface area (Å²) in [5.41, 5.74) is 3.51. The fraction of sp³-hybridized carbons (Fsp3) is 0. The Balaban J connectivity index is 2.35. The summed E-state index contributed by atoms with van der Waals surface area (Å²) in [5, 5.41) is 10.2. The van der Waals surface area contributed by atoms with E-state index in [-0.39, 0.29) is 0 Å². The molecule has 3 aromatic rings. The van der Waals surface area contributed by atoms with Gasteiger partial charge in [0.25, 0.3) is 0 Å². The minimum Gasteiger partial charge on any atom is -0.346 e. The van der Waals surface area contributed by atoms with Gasteiger partial charge in [-0.1, -0.05) is 18.2 Å². The SMILES string of the molecule is N#Cc1ccccc1-c1ccnc2[nH]ccc12. The zero-order chi connectivity index (χ0) is 11.7. The lowest BCUT2D eigenvalue weighted by molar-refractivity contribution is 1.32. The zero-order valence-corrected chi connectivity index (χ0v) is 9.01. The number of hydrogen-bond donors (Lipinski definition) is 1. The molecule has 0 spiro atoms. The second-order valence-corrected chi connectivity index (χ2v) is 3.76. The predicted octanol–water partition coefficient (Wildman–Crippen LogP) is 3.10. The van der Waals surface area contributed by atoms with Crippen LogP contribution >= 0.6 is 0 Å². The highest BCUT2D eigenvalue weighted by Crippen LogP contribution is 2.29. The van der Waals surface area contributed by atoms with Crippen LogP contribution in [0, 0.1) is 11.3 Å². The third kappa shape index (κ3) is 1.47. The summed E-state index contributed by atoms with van der Waals surface area (Å²) in [4.78, 5) is 7.32. The second-order valence-electron chi connectivity index (χ2n) is 3.76. The summed E-state index contributed by atoms with van der Waals surface area (Å²) in [7, 11) is 0. The number of nitriles is 1. The first kappa shape index (κ1) is 9.61. The second kappa shape index (κ2) is 3.76. The van der Waals surface area contributed by atoms with Gasteiger partial charge in [-0.05, 0) is 23.8 Å². The Kier molecular flexibility index (Phi) is 2.13. The molecule has 1 aromatic carbocycles. The molecule has 17 heavy (non-hydrogen) atoms. The molecule has 0 atom stereocenters. The summed E-state index contributed by atoms with van der Waals surface area (Å²) < 4.78 is 0. The van der Waals surface area contributed by atoms with Crippen LogP contribution in [0.1, 0.15) is 5.56 Å². The maximum atomic E-state index is 9.13.